The molecule has 0 atom stereocenters. The van der Waals surface area contributed by atoms with Crippen LogP contribution in [0.1, 0.15) is 40.4 Å². The third-order valence-corrected chi connectivity index (χ3v) is 4.45. The van der Waals surface area contributed by atoms with Gasteiger partial charge < -0.3 is 9.30 Å². The third kappa shape index (κ3) is 4.38. The molecule has 0 N–H and O–H groups in total. The van der Waals surface area contributed by atoms with E-state index in [0.29, 0.717) is 40.6 Å². The van der Waals surface area contributed by atoms with Gasteiger partial charge in [0.15, 0.2) is 5.75 Å². The Morgan fingerprint density at radius 1 is 1.29 bits per heavy atom. The van der Waals surface area contributed by atoms with Crippen LogP contribution in [0.2, 0.25) is 0 Å². The van der Waals surface area contributed by atoms with Gasteiger partial charge in [0.25, 0.3) is 5.56 Å². The predicted molar refractivity (Wildman–Crippen MR) is 111 cm³/mol. The van der Waals surface area contributed by atoms with Gasteiger partial charge in [0.05, 0.1) is 18.2 Å². The number of benzene rings is 1. The van der Waals surface area contributed by atoms with E-state index in [-0.39, 0.29) is 6.99 Å². The minimum absolute atomic E-state index is 0. The predicted octanol–water partition coefficient (Wildman–Crippen LogP) is 4.89. The molecule has 1 fully saturated rings. The molecule has 2 aromatic heterocycles. The zero-order valence-corrected chi connectivity index (χ0v) is 16.8. The molecule has 1 aromatic carbocycles. The van der Waals surface area contributed by atoms with Gasteiger partial charge in [-0.15, -0.1) is 0 Å². The Kier molecular flexibility index (Phi) is 6.07. The molecule has 0 saturated heterocycles. The van der Waals surface area contributed by atoms with E-state index in [2.05, 4.69) is 23.8 Å². The van der Waals surface area contributed by atoms with Crippen LogP contribution in [0.5, 0.6) is 5.75 Å². The zero-order valence-electron chi connectivity index (χ0n) is 16.8. The molecule has 0 radical (unpaired) electrons. The molecule has 5 nitrogen and oxygen atoms in total. The number of halogens is 1. The van der Waals surface area contributed by atoms with E-state index >= 15 is 0 Å². The van der Waals surface area contributed by atoms with Crippen molar-refractivity contribution in [2.45, 2.75) is 40.0 Å². The lowest BCUT2D eigenvalue weighted by Gasteiger charge is -2.14. The molecule has 1 aliphatic carbocycles. The van der Waals surface area contributed by atoms with Crippen molar-refractivity contribution in [1.82, 2.24) is 14.5 Å². The second-order valence-electron chi connectivity index (χ2n) is 7.24. The van der Waals surface area contributed by atoms with Crippen molar-refractivity contribution in [3.8, 4) is 17.0 Å². The highest BCUT2D eigenvalue weighted by molar-refractivity contribution is 5.96. The molecule has 0 aliphatic heterocycles. The molecule has 0 amide bonds. The second kappa shape index (κ2) is 8.50. The lowest BCUT2D eigenvalue weighted by Crippen LogP contribution is -2.17. The normalized spacial score (nSPS) is 13.2. The average molecular weight is 385 g/mol. The number of rotatable bonds is 4. The number of nitrogens with zero attached hydrogens (tertiary/aromatic N) is 3. The Labute approximate surface area is 165 Å². The lowest BCUT2D eigenvalue weighted by molar-refractivity contribution is 0.298. The van der Waals surface area contributed by atoms with E-state index in [1.807, 2.05) is 0 Å². The van der Waals surface area contributed by atoms with Crippen LogP contribution in [0, 0.1) is 18.7 Å². The van der Waals surface area contributed by atoms with Crippen molar-refractivity contribution in [2.75, 3.05) is 6.61 Å². The van der Waals surface area contributed by atoms with Crippen LogP contribution in [0.3, 0.4) is 0 Å². The van der Waals surface area contributed by atoms with Gasteiger partial charge in [-0.3, -0.25) is 4.79 Å². The number of hydrogen-bond acceptors (Lipinski definition) is 4. The van der Waals surface area contributed by atoms with E-state index in [9.17, 15) is 9.18 Å². The summed E-state index contributed by atoms with van der Waals surface area (Å²) in [6.45, 7) is 6.69. The lowest BCUT2D eigenvalue weighted by atomic mass is 10.0. The van der Waals surface area contributed by atoms with E-state index in [0.717, 1.165) is 5.56 Å². The fourth-order valence-electron chi connectivity index (χ4n) is 2.88. The summed E-state index contributed by atoms with van der Waals surface area (Å²) in [6.07, 6.45) is 7.00. The van der Waals surface area contributed by atoms with Gasteiger partial charge in [-0.2, -0.15) is 0 Å². The maximum Gasteiger partial charge on any atom is 0.258 e. The first-order valence-electron chi connectivity index (χ1n) is 9.70. The number of fused-ring (bicyclic) bond motifs is 1. The minimum atomic E-state index is -0.439. The molecular weight excluding hydrogens is 357 g/mol. The molecule has 1 saturated carbocycles. The molecule has 1 aliphatic rings. The van der Waals surface area contributed by atoms with Crippen molar-refractivity contribution in [3.05, 3.63) is 52.6 Å². The fourth-order valence-corrected chi connectivity index (χ4v) is 2.88. The van der Waals surface area contributed by atoms with Crippen LogP contribution >= 0.6 is 0 Å². The Bertz CT molecular complexity index is 1050. The summed E-state index contributed by atoms with van der Waals surface area (Å²) in [4.78, 5) is 21.1. The monoisotopic (exact) mass is 385 g/mol. The maximum absolute atomic E-state index is 13.6. The largest absolute Gasteiger partial charge is 0.489 e. The summed E-state index contributed by atoms with van der Waals surface area (Å²) in [5.74, 6) is 1.35. The molecule has 0 unspecified atom stereocenters. The Morgan fingerprint density at radius 3 is 2.68 bits per heavy atom. The quantitative estimate of drug-likeness (QED) is 0.641. The molecule has 6 heteroatoms. The van der Waals surface area contributed by atoms with E-state index < -0.39 is 5.82 Å². The van der Waals surface area contributed by atoms with E-state index in [4.69, 9.17) is 4.74 Å². The van der Waals surface area contributed by atoms with Gasteiger partial charge >= 0.3 is 0 Å². The number of aryl methyl sites for hydroxylation is 2. The number of aromatic nitrogens is 3. The van der Waals surface area contributed by atoms with Gasteiger partial charge in [0, 0.05) is 20.2 Å². The van der Waals surface area contributed by atoms with Gasteiger partial charge in [0.1, 0.15) is 17.3 Å². The van der Waals surface area contributed by atoms with Gasteiger partial charge in [0.2, 0.25) is 0 Å². The smallest absolute Gasteiger partial charge is 0.258 e. The molecule has 0 spiro atoms. The Hall–Kier alpha value is -2.76. The van der Waals surface area contributed by atoms with Gasteiger partial charge in [-0.1, -0.05) is 26.3 Å². The zero-order chi connectivity index (χ0) is 20.3. The van der Waals surface area contributed by atoms with Crippen LogP contribution in [0.4, 0.5) is 4.39 Å². The Balaban J connectivity index is 0.000000708. The van der Waals surface area contributed by atoms with Crippen molar-refractivity contribution < 1.29 is 10.6 Å². The van der Waals surface area contributed by atoms with Crippen molar-refractivity contribution in [3.63, 3.8) is 0 Å². The number of pyridine rings is 1. The molecular formula is C22H28FN3O2. The first kappa shape index (κ1) is 20.0. The standard InChI is InChI=1S/C19H18FN3O2.C3H8.H2/c1-11-21-8-17(25-10-12-3-4-12)18(22-11)16-9-23(2)19(24)15-7-13(20)5-6-14(15)16;1-3-2;/h5-9,12H,3-4,10H2,1-2H3;3H2,1-2H3;1H. The number of ether oxygens (including phenoxy) is 1. The second-order valence-corrected chi connectivity index (χ2v) is 7.24. The highest BCUT2D eigenvalue weighted by Gasteiger charge is 2.23. The Morgan fingerprint density at radius 2 is 2.00 bits per heavy atom. The first-order chi connectivity index (χ1) is 13.4. The summed E-state index contributed by atoms with van der Waals surface area (Å²) < 4.78 is 21.0. The highest BCUT2D eigenvalue weighted by Crippen LogP contribution is 2.34. The molecule has 4 rings (SSSR count). The first-order valence-corrected chi connectivity index (χ1v) is 9.70. The number of hydrogen-bond donors (Lipinski definition) is 0. The molecule has 28 heavy (non-hydrogen) atoms. The van der Waals surface area contributed by atoms with Crippen LogP contribution in [0.15, 0.2) is 35.4 Å². The summed E-state index contributed by atoms with van der Waals surface area (Å²) >= 11 is 0. The van der Waals surface area contributed by atoms with Crippen LogP contribution in [0.25, 0.3) is 22.0 Å². The average Bonchev–Trinajstić information content (AvgIpc) is 3.49. The summed E-state index contributed by atoms with van der Waals surface area (Å²) in [7, 11) is 1.65. The van der Waals surface area contributed by atoms with E-state index in [1.165, 1.54) is 36.0 Å². The van der Waals surface area contributed by atoms with Gasteiger partial charge in [-0.05, 0) is 43.2 Å². The minimum Gasteiger partial charge on any atom is -0.489 e. The molecule has 150 valence electrons. The van der Waals surface area contributed by atoms with Crippen LogP contribution in [-0.4, -0.2) is 21.1 Å². The van der Waals surface area contributed by atoms with Crippen molar-refractivity contribution >= 4 is 10.8 Å². The maximum atomic E-state index is 13.6. The van der Waals surface area contributed by atoms with E-state index in [1.54, 1.807) is 32.4 Å². The third-order valence-electron chi connectivity index (χ3n) is 4.45. The fraction of sp³-hybridized carbons (Fsp3) is 0.409. The highest BCUT2D eigenvalue weighted by atomic mass is 19.1. The molecule has 2 heterocycles. The summed E-state index contributed by atoms with van der Waals surface area (Å²) in [6, 6.07) is 4.23. The topological polar surface area (TPSA) is 57.0 Å². The molecule has 3 aromatic rings. The van der Waals surface area contributed by atoms with Crippen molar-refractivity contribution in [1.29, 1.82) is 0 Å². The van der Waals surface area contributed by atoms with Crippen LogP contribution < -0.4 is 10.3 Å². The summed E-state index contributed by atoms with van der Waals surface area (Å²) in [5.41, 5.74) is 1.11. The van der Waals surface area contributed by atoms with Crippen molar-refractivity contribution in [2.24, 2.45) is 13.0 Å². The summed E-state index contributed by atoms with van der Waals surface area (Å²) in [5, 5.41) is 0.975. The van der Waals surface area contributed by atoms with Crippen LogP contribution in [-0.2, 0) is 7.05 Å². The SMILES string of the molecule is CCC.Cc1ncc(OCC2CC2)c(-c2cn(C)c(=O)c3cc(F)ccc23)n1.[HH]. The molecule has 0 bridgehead atoms. The van der Waals surface area contributed by atoms with Gasteiger partial charge in [-0.25, -0.2) is 14.4 Å².